The second-order valence-electron chi connectivity index (χ2n) is 8.78. The van der Waals surface area contributed by atoms with Gasteiger partial charge in [0, 0.05) is 24.2 Å². The van der Waals surface area contributed by atoms with Gasteiger partial charge in [-0.1, -0.05) is 49.3 Å². The number of nitrogens with zero attached hydrogens (tertiary/aromatic N) is 2. The zero-order valence-electron chi connectivity index (χ0n) is 17.9. The lowest BCUT2D eigenvalue weighted by Crippen LogP contribution is -2.29. The summed E-state index contributed by atoms with van der Waals surface area (Å²) < 4.78 is 0. The first-order chi connectivity index (χ1) is 14.7. The van der Waals surface area contributed by atoms with Crippen molar-refractivity contribution in [2.45, 2.75) is 51.6 Å². The fourth-order valence-corrected chi connectivity index (χ4v) is 4.55. The van der Waals surface area contributed by atoms with Crippen LogP contribution in [0.15, 0.2) is 36.4 Å². The molecule has 0 amide bonds. The monoisotopic (exact) mass is 406 g/mol. The Balaban J connectivity index is 1.38. The molecule has 2 aliphatic rings. The summed E-state index contributed by atoms with van der Waals surface area (Å²) in [5.74, 6) is 0.727. The first kappa shape index (κ1) is 21.0. The lowest BCUT2D eigenvalue weighted by molar-refractivity contribution is 0.218. The fourth-order valence-electron chi connectivity index (χ4n) is 4.55. The summed E-state index contributed by atoms with van der Waals surface area (Å²) in [6, 6.07) is 11.8. The molecule has 2 aliphatic heterocycles. The third-order valence-electron chi connectivity index (χ3n) is 6.37. The topological polar surface area (TPSA) is 46.9 Å². The van der Waals surface area contributed by atoms with Gasteiger partial charge in [0.15, 0.2) is 0 Å². The molecule has 2 N–H and O–H groups in total. The highest BCUT2D eigenvalue weighted by atomic mass is 16.3. The number of phenolic OH excluding ortho intramolecular Hbond substituents is 2. The smallest absolute Gasteiger partial charge is 0.120 e. The fraction of sp³-hybridized carbons (Fsp3) is 0.462. The number of benzene rings is 2. The van der Waals surface area contributed by atoms with Gasteiger partial charge in [0.05, 0.1) is 0 Å². The maximum atomic E-state index is 10.5. The van der Waals surface area contributed by atoms with Crippen LogP contribution < -0.4 is 0 Å². The van der Waals surface area contributed by atoms with Gasteiger partial charge in [0.2, 0.25) is 0 Å². The highest BCUT2D eigenvalue weighted by Crippen LogP contribution is 2.25. The maximum absolute atomic E-state index is 10.5. The molecule has 160 valence electrons. The van der Waals surface area contributed by atoms with Crippen molar-refractivity contribution < 1.29 is 10.2 Å². The Labute approximate surface area is 180 Å². The Morgan fingerprint density at radius 1 is 0.600 bits per heavy atom. The van der Waals surface area contributed by atoms with Gasteiger partial charge in [-0.05, 0) is 75.1 Å². The largest absolute Gasteiger partial charge is 0.508 e. The van der Waals surface area contributed by atoms with E-state index < -0.39 is 0 Å². The molecule has 30 heavy (non-hydrogen) atoms. The second-order valence-corrected chi connectivity index (χ2v) is 8.78. The van der Waals surface area contributed by atoms with Crippen LogP contribution in [0.1, 0.15) is 60.8 Å². The molecule has 0 radical (unpaired) electrons. The first-order valence-corrected chi connectivity index (χ1v) is 11.4. The van der Waals surface area contributed by atoms with Gasteiger partial charge in [0.25, 0.3) is 0 Å². The Bertz CT molecular complexity index is 794. The summed E-state index contributed by atoms with van der Waals surface area (Å²) in [5.41, 5.74) is 3.92. The number of rotatable bonds is 6. The molecule has 0 bridgehead atoms. The number of aromatic hydroxyl groups is 2. The number of phenols is 2. The van der Waals surface area contributed by atoms with Crippen LogP contribution in [0.3, 0.4) is 0 Å². The van der Waals surface area contributed by atoms with Gasteiger partial charge in [-0.15, -0.1) is 0 Å². The zero-order valence-corrected chi connectivity index (χ0v) is 17.9. The van der Waals surface area contributed by atoms with Gasteiger partial charge >= 0.3 is 0 Å². The number of piperidine rings is 2. The summed E-state index contributed by atoms with van der Waals surface area (Å²) in [4.78, 5) is 4.84. The quantitative estimate of drug-likeness (QED) is 0.644. The van der Waals surface area contributed by atoms with Gasteiger partial charge in [-0.2, -0.15) is 0 Å². The van der Waals surface area contributed by atoms with Crippen LogP contribution >= 0.6 is 0 Å². The normalized spacial score (nSPS) is 18.8. The molecule has 0 spiro atoms. The molecule has 0 aliphatic carbocycles. The molecule has 2 saturated heterocycles. The highest BCUT2D eigenvalue weighted by molar-refractivity contribution is 5.71. The van der Waals surface area contributed by atoms with E-state index in [2.05, 4.69) is 21.9 Å². The van der Waals surface area contributed by atoms with Crippen LogP contribution in [0, 0.1) is 0 Å². The van der Waals surface area contributed by atoms with E-state index in [1.54, 1.807) is 0 Å². The molecule has 2 aromatic rings. The van der Waals surface area contributed by atoms with E-state index in [-0.39, 0.29) is 0 Å². The van der Waals surface area contributed by atoms with E-state index in [1.807, 2.05) is 36.4 Å². The van der Waals surface area contributed by atoms with E-state index in [4.69, 9.17) is 0 Å². The Kier molecular flexibility index (Phi) is 7.08. The number of likely N-dealkylation sites (tertiary alicyclic amines) is 2. The minimum absolute atomic E-state index is 0.363. The Hall–Kier alpha value is -2.30. The van der Waals surface area contributed by atoms with Gasteiger partial charge in [-0.25, -0.2) is 0 Å². The highest BCUT2D eigenvalue weighted by Gasteiger charge is 2.13. The lowest BCUT2D eigenvalue weighted by Gasteiger charge is -2.26. The SMILES string of the molecule is Oc1cc(/C=C\c2ccc(CN3CCCCC3)c(O)c2)ccc1CN1CCCCC1. The van der Waals surface area contributed by atoms with Crippen LogP contribution in [0.4, 0.5) is 0 Å². The van der Waals surface area contributed by atoms with Crippen molar-refractivity contribution in [1.82, 2.24) is 9.80 Å². The summed E-state index contributed by atoms with van der Waals surface area (Å²) in [6.07, 6.45) is 11.6. The molecule has 0 unspecified atom stereocenters. The molecule has 0 atom stereocenters. The van der Waals surface area contributed by atoms with Gasteiger partial charge in [0.1, 0.15) is 11.5 Å². The Morgan fingerprint density at radius 3 is 1.37 bits per heavy atom. The van der Waals surface area contributed by atoms with Crippen molar-refractivity contribution in [1.29, 1.82) is 0 Å². The minimum Gasteiger partial charge on any atom is -0.508 e. The number of hydrogen-bond donors (Lipinski definition) is 2. The molecule has 4 nitrogen and oxygen atoms in total. The summed E-state index contributed by atoms with van der Waals surface area (Å²) in [7, 11) is 0. The first-order valence-electron chi connectivity index (χ1n) is 11.4. The average Bonchev–Trinajstić information content (AvgIpc) is 2.77. The van der Waals surface area contributed by atoms with Crippen LogP contribution in [0.25, 0.3) is 12.2 Å². The maximum Gasteiger partial charge on any atom is 0.120 e. The molecule has 2 aromatic carbocycles. The number of hydrogen-bond acceptors (Lipinski definition) is 4. The van der Waals surface area contributed by atoms with Crippen LogP contribution in [0.2, 0.25) is 0 Å². The molecule has 0 aromatic heterocycles. The second kappa shape index (κ2) is 10.1. The third-order valence-corrected chi connectivity index (χ3v) is 6.37. The van der Waals surface area contributed by atoms with Crippen LogP contribution in [-0.2, 0) is 13.1 Å². The Morgan fingerprint density at radius 2 is 1.00 bits per heavy atom. The van der Waals surface area contributed by atoms with E-state index in [1.165, 1.54) is 38.5 Å². The van der Waals surface area contributed by atoms with Crippen molar-refractivity contribution in [3.05, 3.63) is 58.7 Å². The molecule has 4 heteroatoms. The zero-order chi connectivity index (χ0) is 20.8. The van der Waals surface area contributed by atoms with E-state index in [9.17, 15) is 10.2 Å². The van der Waals surface area contributed by atoms with Crippen LogP contribution in [-0.4, -0.2) is 46.2 Å². The molecule has 2 heterocycles. The minimum atomic E-state index is 0.363. The van der Waals surface area contributed by atoms with Gasteiger partial charge in [-0.3, -0.25) is 9.80 Å². The summed E-state index contributed by atoms with van der Waals surface area (Å²) >= 11 is 0. The van der Waals surface area contributed by atoms with E-state index in [0.717, 1.165) is 61.5 Å². The summed E-state index contributed by atoms with van der Waals surface area (Å²) in [5, 5.41) is 20.9. The molecular weight excluding hydrogens is 372 g/mol. The van der Waals surface area contributed by atoms with Gasteiger partial charge < -0.3 is 10.2 Å². The standard InChI is InChI=1S/C26H34N2O2/c29-25-17-21(9-11-23(25)19-27-13-3-1-4-14-27)7-8-22-10-12-24(26(30)18-22)20-28-15-5-2-6-16-28/h7-12,17-18,29-30H,1-6,13-16,19-20H2/b8-7-. The molecule has 4 rings (SSSR count). The van der Waals surface area contributed by atoms with Crippen molar-refractivity contribution in [3.63, 3.8) is 0 Å². The van der Waals surface area contributed by atoms with Crippen molar-refractivity contribution in [2.24, 2.45) is 0 Å². The third kappa shape index (κ3) is 5.65. The van der Waals surface area contributed by atoms with Crippen molar-refractivity contribution in [2.75, 3.05) is 26.2 Å². The predicted molar refractivity (Wildman–Crippen MR) is 123 cm³/mol. The molecule has 0 saturated carbocycles. The molecular formula is C26H34N2O2. The lowest BCUT2D eigenvalue weighted by atomic mass is 10.0. The predicted octanol–water partition coefficient (Wildman–Crippen LogP) is 5.24. The summed E-state index contributed by atoms with van der Waals surface area (Å²) in [6.45, 7) is 6.14. The van der Waals surface area contributed by atoms with E-state index in [0.29, 0.717) is 11.5 Å². The molecule has 2 fully saturated rings. The van der Waals surface area contributed by atoms with Crippen molar-refractivity contribution in [3.8, 4) is 11.5 Å². The van der Waals surface area contributed by atoms with E-state index >= 15 is 0 Å². The van der Waals surface area contributed by atoms with Crippen LogP contribution in [0.5, 0.6) is 11.5 Å². The van der Waals surface area contributed by atoms with Crippen molar-refractivity contribution >= 4 is 12.2 Å². The average molecular weight is 407 g/mol.